The van der Waals surface area contributed by atoms with Gasteiger partial charge in [-0.3, -0.25) is 4.79 Å². The van der Waals surface area contributed by atoms with Crippen LogP contribution in [0.2, 0.25) is 0 Å². The van der Waals surface area contributed by atoms with Crippen LogP contribution in [0.25, 0.3) is 0 Å². The van der Waals surface area contributed by atoms with Gasteiger partial charge in [-0.05, 0) is 23.6 Å². The second-order valence-electron chi connectivity index (χ2n) is 6.30. The van der Waals surface area contributed by atoms with Crippen molar-refractivity contribution in [3.8, 4) is 5.88 Å². The highest BCUT2D eigenvalue weighted by molar-refractivity contribution is 5.94. The topological polar surface area (TPSA) is 60.5 Å². The summed E-state index contributed by atoms with van der Waals surface area (Å²) in [4.78, 5) is 16.6. The van der Waals surface area contributed by atoms with Crippen molar-refractivity contribution < 1.29 is 14.3 Å². The first-order valence-corrected chi connectivity index (χ1v) is 8.36. The SMILES string of the molecule is O=C(NC[C@@H]1Cc2ccccc21)c1ccnc(O[C@@H]2CCOC2)c1. The van der Waals surface area contributed by atoms with E-state index in [9.17, 15) is 4.79 Å². The van der Waals surface area contributed by atoms with Crippen LogP contribution in [-0.4, -0.2) is 36.8 Å². The predicted molar refractivity (Wildman–Crippen MR) is 89.3 cm³/mol. The number of nitrogens with zero attached hydrogens (tertiary/aromatic N) is 1. The highest BCUT2D eigenvalue weighted by atomic mass is 16.5. The van der Waals surface area contributed by atoms with Gasteiger partial charge < -0.3 is 14.8 Å². The molecule has 1 amide bonds. The maximum Gasteiger partial charge on any atom is 0.251 e. The molecule has 124 valence electrons. The molecule has 0 unspecified atom stereocenters. The Labute approximate surface area is 141 Å². The van der Waals surface area contributed by atoms with Gasteiger partial charge in [0.15, 0.2) is 0 Å². The Morgan fingerprint density at radius 2 is 2.25 bits per heavy atom. The van der Waals surface area contributed by atoms with Crippen molar-refractivity contribution in [3.05, 3.63) is 59.3 Å². The van der Waals surface area contributed by atoms with E-state index in [1.807, 2.05) is 6.07 Å². The minimum absolute atomic E-state index is 0.0299. The molecule has 1 aliphatic heterocycles. The highest BCUT2D eigenvalue weighted by Crippen LogP contribution is 2.34. The Morgan fingerprint density at radius 3 is 3.08 bits per heavy atom. The normalized spacial score (nSPS) is 21.7. The fourth-order valence-electron chi connectivity index (χ4n) is 3.25. The molecule has 5 heteroatoms. The van der Waals surface area contributed by atoms with Crippen LogP contribution >= 0.6 is 0 Å². The number of aromatic nitrogens is 1. The van der Waals surface area contributed by atoms with Gasteiger partial charge >= 0.3 is 0 Å². The summed E-state index contributed by atoms with van der Waals surface area (Å²) in [6.45, 7) is 1.96. The smallest absolute Gasteiger partial charge is 0.251 e. The third kappa shape index (κ3) is 3.12. The minimum Gasteiger partial charge on any atom is -0.472 e. The number of fused-ring (bicyclic) bond motifs is 1. The monoisotopic (exact) mass is 324 g/mol. The van der Waals surface area contributed by atoms with E-state index in [0.29, 0.717) is 37.1 Å². The molecule has 1 aromatic carbocycles. The van der Waals surface area contributed by atoms with E-state index in [-0.39, 0.29) is 12.0 Å². The van der Waals surface area contributed by atoms with Crippen molar-refractivity contribution in [1.29, 1.82) is 0 Å². The standard InChI is InChI=1S/C19H20N2O3/c22-19(21-11-15-9-13-3-1-2-4-17(13)15)14-5-7-20-18(10-14)24-16-6-8-23-12-16/h1-5,7,10,15-16H,6,8-9,11-12H2,(H,21,22)/t15-,16+/m0/s1. The summed E-state index contributed by atoms with van der Waals surface area (Å²) in [5, 5.41) is 3.02. The van der Waals surface area contributed by atoms with Gasteiger partial charge in [0.2, 0.25) is 5.88 Å². The number of carbonyl (C=O) groups is 1. The van der Waals surface area contributed by atoms with Crippen molar-refractivity contribution in [2.75, 3.05) is 19.8 Å². The maximum absolute atomic E-state index is 12.4. The van der Waals surface area contributed by atoms with Gasteiger partial charge in [0, 0.05) is 36.7 Å². The third-order valence-electron chi connectivity index (χ3n) is 4.64. The Balaban J connectivity index is 1.34. The molecule has 1 aliphatic carbocycles. The second-order valence-corrected chi connectivity index (χ2v) is 6.30. The average molecular weight is 324 g/mol. The second kappa shape index (κ2) is 6.61. The Bertz CT molecular complexity index is 741. The number of ether oxygens (including phenoxy) is 2. The van der Waals surface area contributed by atoms with E-state index in [0.717, 1.165) is 12.8 Å². The molecule has 1 saturated heterocycles. The van der Waals surface area contributed by atoms with Crippen LogP contribution in [0.1, 0.15) is 33.8 Å². The molecule has 0 radical (unpaired) electrons. The molecular weight excluding hydrogens is 304 g/mol. The molecule has 0 spiro atoms. The van der Waals surface area contributed by atoms with E-state index in [4.69, 9.17) is 9.47 Å². The number of benzene rings is 1. The van der Waals surface area contributed by atoms with Gasteiger partial charge in [0.1, 0.15) is 6.10 Å². The van der Waals surface area contributed by atoms with Gasteiger partial charge in [-0.1, -0.05) is 24.3 Å². The first-order chi connectivity index (χ1) is 11.8. The first kappa shape index (κ1) is 15.1. The molecule has 2 atom stereocenters. The molecule has 2 aliphatic rings. The Kier molecular flexibility index (Phi) is 4.17. The first-order valence-electron chi connectivity index (χ1n) is 8.36. The highest BCUT2D eigenvalue weighted by Gasteiger charge is 2.25. The molecular formula is C19H20N2O3. The number of hydrogen-bond donors (Lipinski definition) is 1. The van der Waals surface area contributed by atoms with Crippen LogP contribution in [0, 0.1) is 0 Å². The summed E-state index contributed by atoms with van der Waals surface area (Å²) in [6.07, 6.45) is 3.53. The zero-order valence-corrected chi connectivity index (χ0v) is 13.4. The largest absolute Gasteiger partial charge is 0.472 e. The van der Waals surface area contributed by atoms with Crippen LogP contribution in [0.5, 0.6) is 5.88 Å². The summed E-state index contributed by atoms with van der Waals surface area (Å²) in [5.41, 5.74) is 3.31. The lowest BCUT2D eigenvalue weighted by atomic mass is 9.77. The number of pyridine rings is 1. The molecule has 2 aromatic rings. The summed E-state index contributed by atoms with van der Waals surface area (Å²) in [7, 11) is 0. The van der Waals surface area contributed by atoms with E-state index in [1.54, 1.807) is 18.3 Å². The number of nitrogens with one attached hydrogen (secondary N) is 1. The van der Waals surface area contributed by atoms with Crippen molar-refractivity contribution >= 4 is 5.91 Å². The Morgan fingerprint density at radius 1 is 1.33 bits per heavy atom. The van der Waals surface area contributed by atoms with E-state index < -0.39 is 0 Å². The number of carbonyl (C=O) groups excluding carboxylic acids is 1. The number of amides is 1. The zero-order chi connectivity index (χ0) is 16.4. The molecule has 0 saturated carbocycles. The van der Waals surface area contributed by atoms with Crippen molar-refractivity contribution in [2.45, 2.75) is 24.9 Å². The fraction of sp³-hybridized carbons (Fsp3) is 0.368. The summed E-state index contributed by atoms with van der Waals surface area (Å²) < 4.78 is 11.0. The van der Waals surface area contributed by atoms with Crippen LogP contribution in [-0.2, 0) is 11.2 Å². The molecule has 5 nitrogen and oxygen atoms in total. The Hall–Kier alpha value is -2.40. The van der Waals surface area contributed by atoms with Gasteiger partial charge in [0.25, 0.3) is 5.91 Å². The van der Waals surface area contributed by atoms with Gasteiger partial charge in [0.05, 0.1) is 13.2 Å². The van der Waals surface area contributed by atoms with Crippen LogP contribution < -0.4 is 10.1 Å². The summed E-state index contributed by atoms with van der Waals surface area (Å²) in [5.74, 6) is 0.805. The lowest BCUT2D eigenvalue weighted by Gasteiger charge is -2.30. The fourth-order valence-corrected chi connectivity index (χ4v) is 3.25. The quantitative estimate of drug-likeness (QED) is 0.917. The van der Waals surface area contributed by atoms with Crippen LogP contribution in [0.3, 0.4) is 0 Å². The van der Waals surface area contributed by atoms with Crippen LogP contribution in [0.4, 0.5) is 0 Å². The summed E-state index contributed by atoms with van der Waals surface area (Å²) >= 11 is 0. The lowest BCUT2D eigenvalue weighted by molar-refractivity contribution is 0.0948. The molecule has 24 heavy (non-hydrogen) atoms. The zero-order valence-electron chi connectivity index (χ0n) is 13.4. The molecule has 1 N–H and O–H groups in total. The third-order valence-corrected chi connectivity index (χ3v) is 4.64. The summed E-state index contributed by atoms with van der Waals surface area (Å²) in [6, 6.07) is 11.8. The van der Waals surface area contributed by atoms with E-state index in [2.05, 4.69) is 28.5 Å². The van der Waals surface area contributed by atoms with Crippen molar-refractivity contribution in [1.82, 2.24) is 10.3 Å². The molecule has 1 fully saturated rings. The van der Waals surface area contributed by atoms with Gasteiger partial charge in [-0.25, -0.2) is 4.98 Å². The minimum atomic E-state index is -0.0886. The molecule has 0 bridgehead atoms. The van der Waals surface area contributed by atoms with E-state index in [1.165, 1.54) is 11.1 Å². The van der Waals surface area contributed by atoms with Crippen LogP contribution in [0.15, 0.2) is 42.6 Å². The molecule has 1 aromatic heterocycles. The van der Waals surface area contributed by atoms with E-state index >= 15 is 0 Å². The van der Waals surface area contributed by atoms with Gasteiger partial charge in [-0.2, -0.15) is 0 Å². The van der Waals surface area contributed by atoms with Crippen molar-refractivity contribution in [2.24, 2.45) is 0 Å². The average Bonchev–Trinajstić information content (AvgIpc) is 3.09. The number of hydrogen-bond acceptors (Lipinski definition) is 4. The van der Waals surface area contributed by atoms with Gasteiger partial charge in [-0.15, -0.1) is 0 Å². The number of rotatable bonds is 5. The molecule has 2 heterocycles. The predicted octanol–water partition coefficient (Wildman–Crippen LogP) is 2.32. The molecule has 4 rings (SSSR count). The maximum atomic E-state index is 12.4. The lowest BCUT2D eigenvalue weighted by Crippen LogP contribution is -2.33. The van der Waals surface area contributed by atoms with Crippen molar-refractivity contribution in [3.63, 3.8) is 0 Å².